The summed E-state index contributed by atoms with van der Waals surface area (Å²) in [6, 6.07) is 12.5. The Morgan fingerprint density at radius 1 is 1.29 bits per heavy atom. The lowest BCUT2D eigenvalue weighted by molar-refractivity contribution is -0.122. The molecule has 1 N–H and O–H groups in total. The summed E-state index contributed by atoms with van der Waals surface area (Å²) in [5.74, 6) is 0.0607. The van der Waals surface area contributed by atoms with E-state index in [1.807, 2.05) is 36.4 Å². The van der Waals surface area contributed by atoms with Crippen LogP contribution in [0.15, 0.2) is 41.8 Å². The van der Waals surface area contributed by atoms with Crippen molar-refractivity contribution in [3.8, 4) is 0 Å². The van der Waals surface area contributed by atoms with Crippen molar-refractivity contribution >= 4 is 17.2 Å². The number of thiophene rings is 1. The monoisotopic (exact) mass is 302 g/mol. The van der Waals surface area contributed by atoms with Gasteiger partial charge in [0.15, 0.2) is 0 Å². The molecule has 2 aromatic rings. The highest BCUT2D eigenvalue weighted by Crippen LogP contribution is 2.17. The van der Waals surface area contributed by atoms with Crippen molar-refractivity contribution in [3.63, 3.8) is 0 Å². The van der Waals surface area contributed by atoms with Gasteiger partial charge >= 0.3 is 0 Å². The van der Waals surface area contributed by atoms with Gasteiger partial charge in [-0.1, -0.05) is 35.9 Å². The summed E-state index contributed by atoms with van der Waals surface area (Å²) >= 11 is 1.67. The number of rotatable bonds is 6. The van der Waals surface area contributed by atoms with Crippen LogP contribution in [-0.4, -0.2) is 24.4 Å². The zero-order valence-electron chi connectivity index (χ0n) is 12.8. The minimum atomic E-state index is 0.0607. The quantitative estimate of drug-likeness (QED) is 0.887. The maximum Gasteiger partial charge on any atom is 0.234 e. The van der Waals surface area contributed by atoms with Gasteiger partial charge in [-0.25, -0.2) is 0 Å². The highest BCUT2D eigenvalue weighted by atomic mass is 32.1. The zero-order chi connectivity index (χ0) is 15.2. The van der Waals surface area contributed by atoms with E-state index in [2.05, 4.69) is 36.5 Å². The molecule has 0 aliphatic heterocycles. The van der Waals surface area contributed by atoms with Crippen molar-refractivity contribution < 1.29 is 4.79 Å². The number of carbonyl (C=O) groups is 1. The Hall–Kier alpha value is -1.65. The van der Waals surface area contributed by atoms with Crippen molar-refractivity contribution in [3.05, 3.63) is 57.8 Å². The van der Waals surface area contributed by atoms with Gasteiger partial charge in [0, 0.05) is 11.4 Å². The average molecular weight is 302 g/mol. The van der Waals surface area contributed by atoms with Gasteiger partial charge in [0.25, 0.3) is 0 Å². The molecule has 2 rings (SSSR count). The van der Waals surface area contributed by atoms with Gasteiger partial charge in [-0.3, -0.25) is 9.69 Å². The molecule has 3 nitrogen and oxygen atoms in total. The van der Waals surface area contributed by atoms with Gasteiger partial charge in [-0.2, -0.15) is 0 Å². The third-order valence-corrected chi connectivity index (χ3v) is 4.39. The largest absolute Gasteiger partial charge is 0.348 e. The van der Waals surface area contributed by atoms with Crippen LogP contribution in [0.25, 0.3) is 0 Å². The third kappa shape index (κ3) is 4.99. The number of likely N-dealkylation sites (N-methyl/N-ethyl adjacent to an activating group) is 1. The fourth-order valence-corrected chi connectivity index (χ4v) is 2.94. The van der Waals surface area contributed by atoms with Gasteiger partial charge in [0.2, 0.25) is 5.91 Å². The van der Waals surface area contributed by atoms with Crippen molar-refractivity contribution in [1.29, 1.82) is 0 Å². The third-order valence-electron chi connectivity index (χ3n) is 3.33. The minimum Gasteiger partial charge on any atom is -0.348 e. The Morgan fingerprint density at radius 2 is 2.00 bits per heavy atom. The predicted molar refractivity (Wildman–Crippen MR) is 88.4 cm³/mol. The van der Waals surface area contributed by atoms with E-state index >= 15 is 0 Å². The van der Waals surface area contributed by atoms with Gasteiger partial charge in [0.1, 0.15) is 0 Å². The number of hydrogen-bond acceptors (Lipinski definition) is 3. The number of nitrogens with one attached hydrogen (secondary N) is 1. The van der Waals surface area contributed by atoms with E-state index in [0.29, 0.717) is 6.54 Å². The normalized spacial score (nSPS) is 12.4. The smallest absolute Gasteiger partial charge is 0.234 e. The minimum absolute atomic E-state index is 0.0607. The van der Waals surface area contributed by atoms with Crippen LogP contribution < -0.4 is 5.32 Å². The summed E-state index contributed by atoms with van der Waals surface area (Å²) in [7, 11) is 1.97. The Balaban J connectivity index is 1.80. The molecule has 1 aromatic carbocycles. The Kier molecular flexibility index (Phi) is 5.53. The Bertz CT molecular complexity index is 563. The van der Waals surface area contributed by atoms with E-state index in [1.54, 1.807) is 11.3 Å². The molecule has 0 spiro atoms. The van der Waals surface area contributed by atoms with Gasteiger partial charge in [0.05, 0.1) is 12.6 Å². The highest BCUT2D eigenvalue weighted by molar-refractivity contribution is 7.10. The van der Waals surface area contributed by atoms with E-state index < -0.39 is 0 Å². The average Bonchev–Trinajstić information content (AvgIpc) is 2.95. The van der Waals surface area contributed by atoms with Crippen LogP contribution in [0.2, 0.25) is 0 Å². The van der Waals surface area contributed by atoms with E-state index in [1.165, 1.54) is 16.0 Å². The van der Waals surface area contributed by atoms with E-state index in [0.717, 1.165) is 6.54 Å². The number of hydrogen-bond donors (Lipinski definition) is 1. The maximum absolute atomic E-state index is 12.1. The van der Waals surface area contributed by atoms with Gasteiger partial charge in [-0.05, 0) is 37.9 Å². The SMILES string of the molecule is Cc1ccc(CN(C)CC(=O)N[C@H](C)c2cccs2)cc1. The van der Waals surface area contributed by atoms with Crippen LogP contribution in [-0.2, 0) is 11.3 Å². The summed E-state index contributed by atoms with van der Waals surface area (Å²) in [5.41, 5.74) is 2.48. The summed E-state index contributed by atoms with van der Waals surface area (Å²) in [6.45, 7) is 5.28. The number of aryl methyl sites for hydroxylation is 1. The molecule has 4 heteroatoms. The Morgan fingerprint density at radius 3 is 2.62 bits per heavy atom. The van der Waals surface area contributed by atoms with Crippen molar-refractivity contribution in [1.82, 2.24) is 10.2 Å². The second-order valence-electron chi connectivity index (χ2n) is 5.46. The molecule has 0 aliphatic rings. The topological polar surface area (TPSA) is 32.3 Å². The lowest BCUT2D eigenvalue weighted by Crippen LogP contribution is -2.36. The molecule has 0 radical (unpaired) electrons. The predicted octanol–water partition coefficient (Wildman–Crippen LogP) is 3.37. The van der Waals surface area contributed by atoms with E-state index in [4.69, 9.17) is 0 Å². The summed E-state index contributed by atoms with van der Waals surface area (Å²) in [6.07, 6.45) is 0. The first-order valence-corrected chi connectivity index (χ1v) is 7.99. The molecule has 0 fully saturated rings. The first kappa shape index (κ1) is 15.7. The van der Waals surface area contributed by atoms with Gasteiger partial charge in [-0.15, -0.1) is 11.3 Å². The van der Waals surface area contributed by atoms with Crippen LogP contribution in [0.1, 0.15) is 29.0 Å². The number of amides is 1. The number of carbonyl (C=O) groups excluding carboxylic acids is 1. The maximum atomic E-state index is 12.1. The summed E-state index contributed by atoms with van der Waals surface area (Å²) in [5, 5.41) is 5.07. The fourth-order valence-electron chi connectivity index (χ4n) is 2.20. The molecule has 0 saturated carbocycles. The number of benzene rings is 1. The molecule has 21 heavy (non-hydrogen) atoms. The van der Waals surface area contributed by atoms with E-state index in [9.17, 15) is 4.79 Å². The molecule has 0 unspecified atom stereocenters. The highest BCUT2D eigenvalue weighted by Gasteiger charge is 2.12. The second-order valence-corrected chi connectivity index (χ2v) is 6.44. The molecule has 1 amide bonds. The van der Waals surface area contributed by atoms with Gasteiger partial charge < -0.3 is 5.32 Å². The Labute approximate surface area is 130 Å². The number of nitrogens with zero attached hydrogens (tertiary/aromatic N) is 1. The second kappa shape index (κ2) is 7.38. The fraction of sp³-hybridized carbons (Fsp3) is 0.353. The first-order chi connectivity index (χ1) is 10.0. The molecule has 0 bridgehead atoms. The van der Waals surface area contributed by atoms with Crippen LogP contribution in [0.5, 0.6) is 0 Å². The summed E-state index contributed by atoms with van der Waals surface area (Å²) in [4.78, 5) is 15.3. The molecular formula is C17H22N2OS. The van der Waals surface area contributed by atoms with Crippen LogP contribution in [0.4, 0.5) is 0 Å². The lowest BCUT2D eigenvalue weighted by Gasteiger charge is -2.18. The van der Waals surface area contributed by atoms with Crippen molar-refractivity contribution in [2.45, 2.75) is 26.4 Å². The standard InChI is InChI=1S/C17H22N2OS/c1-13-6-8-15(9-7-13)11-19(3)12-17(20)18-14(2)16-5-4-10-21-16/h4-10,14H,11-12H2,1-3H3,(H,18,20)/t14-/m1/s1. The molecule has 0 aliphatic carbocycles. The van der Waals surface area contributed by atoms with Crippen LogP contribution >= 0.6 is 11.3 Å². The molecule has 1 aromatic heterocycles. The molecule has 1 heterocycles. The molecule has 1 atom stereocenters. The zero-order valence-corrected chi connectivity index (χ0v) is 13.6. The van der Waals surface area contributed by atoms with E-state index in [-0.39, 0.29) is 11.9 Å². The molecule has 0 saturated heterocycles. The lowest BCUT2D eigenvalue weighted by atomic mass is 10.1. The van der Waals surface area contributed by atoms with Crippen LogP contribution in [0.3, 0.4) is 0 Å². The van der Waals surface area contributed by atoms with Crippen LogP contribution in [0, 0.1) is 6.92 Å². The molecule has 112 valence electrons. The first-order valence-electron chi connectivity index (χ1n) is 7.11. The van der Waals surface area contributed by atoms with Crippen molar-refractivity contribution in [2.75, 3.05) is 13.6 Å². The van der Waals surface area contributed by atoms with Crippen molar-refractivity contribution in [2.24, 2.45) is 0 Å². The summed E-state index contributed by atoms with van der Waals surface area (Å²) < 4.78 is 0. The molecular weight excluding hydrogens is 280 g/mol.